The maximum atomic E-state index is 13.2. The van der Waals surface area contributed by atoms with Crippen LogP contribution in [0.1, 0.15) is 35.1 Å². The fraction of sp³-hybridized carbons (Fsp3) is 0.600. The van der Waals surface area contributed by atoms with Crippen LogP contribution in [0.15, 0.2) is 12.1 Å². The highest BCUT2D eigenvalue weighted by molar-refractivity contribution is 6.69. The lowest BCUT2D eigenvalue weighted by atomic mass is 9.50. The number of carbonyl (C=O) groups is 2. The molecule has 132 valence electrons. The second-order valence-corrected chi connectivity index (χ2v) is 13.6. The average molecular weight is 356 g/mol. The summed E-state index contributed by atoms with van der Waals surface area (Å²) in [5.74, 6) is -0.212. The van der Waals surface area contributed by atoms with E-state index in [4.69, 9.17) is 9.16 Å². The Kier molecular flexibility index (Phi) is 2.80. The third-order valence-electron chi connectivity index (χ3n) is 6.74. The minimum absolute atomic E-state index is 0.0447. The highest BCUT2D eigenvalue weighted by Crippen LogP contribution is 2.68. The molecule has 4 nitrogen and oxygen atoms in total. The topological polar surface area (TPSA) is 52.6 Å². The molecular weight excluding hydrogens is 332 g/mol. The van der Waals surface area contributed by atoms with Crippen molar-refractivity contribution in [2.45, 2.75) is 64.0 Å². The highest BCUT2D eigenvalue weighted by atomic mass is 28.4. The number of Topliss-reactive ketones (excluding diaryl/α,β-unsaturated/α-hetero) is 1. The Labute approximate surface area is 149 Å². The van der Waals surface area contributed by atoms with Crippen molar-refractivity contribution in [3.8, 4) is 0 Å². The zero-order chi connectivity index (χ0) is 17.8. The van der Waals surface area contributed by atoms with E-state index in [1.54, 1.807) is 0 Å². The number of ketones is 1. The summed E-state index contributed by atoms with van der Waals surface area (Å²) >= 11 is 0. The SMILES string of the molecule is Cc1ccc2c3c1C[C@@H]1[C@@H]4CC(=O)[C@@](CC2)(C(=O)O4)[C@]31O[Si](C)(C)C. The van der Waals surface area contributed by atoms with Gasteiger partial charge in [0.15, 0.2) is 19.5 Å². The molecule has 5 aliphatic rings. The summed E-state index contributed by atoms with van der Waals surface area (Å²) in [6, 6.07) is 4.36. The number of rotatable bonds is 2. The zero-order valence-corrected chi connectivity index (χ0v) is 16.3. The number of hydrogen-bond acceptors (Lipinski definition) is 4. The molecule has 25 heavy (non-hydrogen) atoms. The van der Waals surface area contributed by atoms with E-state index in [-0.39, 0.29) is 23.8 Å². The fourth-order valence-corrected chi connectivity index (χ4v) is 7.38. The molecule has 6 rings (SSSR count). The monoisotopic (exact) mass is 356 g/mol. The molecule has 1 saturated carbocycles. The van der Waals surface area contributed by atoms with Gasteiger partial charge in [-0.1, -0.05) is 12.1 Å². The Morgan fingerprint density at radius 3 is 2.64 bits per heavy atom. The summed E-state index contributed by atoms with van der Waals surface area (Å²) < 4.78 is 12.7. The van der Waals surface area contributed by atoms with E-state index in [1.165, 1.54) is 22.3 Å². The summed E-state index contributed by atoms with van der Waals surface area (Å²) in [5, 5.41) is 0. The molecule has 2 heterocycles. The predicted octanol–water partition coefficient (Wildman–Crippen LogP) is 3.04. The van der Waals surface area contributed by atoms with Crippen LogP contribution in [0.5, 0.6) is 0 Å². The molecule has 2 bridgehead atoms. The van der Waals surface area contributed by atoms with Crippen molar-refractivity contribution in [1.82, 2.24) is 0 Å². The van der Waals surface area contributed by atoms with E-state index < -0.39 is 19.3 Å². The van der Waals surface area contributed by atoms with Gasteiger partial charge in [0, 0.05) is 12.3 Å². The number of ether oxygens (including phenoxy) is 1. The Morgan fingerprint density at radius 2 is 1.96 bits per heavy atom. The molecule has 0 N–H and O–H groups in total. The molecule has 3 fully saturated rings. The van der Waals surface area contributed by atoms with Gasteiger partial charge in [0.05, 0.1) is 0 Å². The van der Waals surface area contributed by atoms with Gasteiger partial charge in [0.2, 0.25) is 0 Å². The molecule has 0 unspecified atom stereocenters. The van der Waals surface area contributed by atoms with Gasteiger partial charge in [0.1, 0.15) is 11.7 Å². The van der Waals surface area contributed by atoms with Crippen molar-refractivity contribution in [2.24, 2.45) is 11.3 Å². The third-order valence-corrected chi connectivity index (χ3v) is 7.67. The number of benzene rings is 1. The standard InChI is InChI=1S/C20H24O4Si/c1-11-5-6-12-7-8-19-16(21)10-15(23-18(19)22)14-9-13(11)17(12)20(14,19)24-25(2,3)4/h5-6,14-15H,7-10H2,1-4H3/t14-,15+,19+,20-/m1/s1. The maximum Gasteiger partial charge on any atom is 0.323 e. The zero-order valence-electron chi connectivity index (χ0n) is 15.3. The minimum Gasteiger partial charge on any atom is -0.461 e. The second-order valence-electron chi connectivity index (χ2n) is 9.13. The van der Waals surface area contributed by atoms with Gasteiger partial charge in [-0.05, 0) is 68.1 Å². The van der Waals surface area contributed by atoms with Crippen molar-refractivity contribution in [2.75, 3.05) is 0 Å². The second kappa shape index (κ2) is 4.44. The lowest BCUT2D eigenvalue weighted by molar-refractivity contribution is -0.241. The Morgan fingerprint density at radius 1 is 1.20 bits per heavy atom. The molecule has 1 aromatic carbocycles. The lowest BCUT2D eigenvalue weighted by Crippen LogP contribution is -2.73. The maximum absolute atomic E-state index is 13.2. The van der Waals surface area contributed by atoms with Crippen LogP contribution in [0, 0.1) is 18.3 Å². The molecule has 5 heteroatoms. The van der Waals surface area contributed by atoms with Gasteiger partial charge in [-0.3, -0.25) is 9.59 Å². The minimum atomic E-state index is -2.02. The van der Waals surface area contributed by atoms with Gasteiger partial charge in [0.25, 0.3) is 0 Å². The molecule has 3 aliphatic carbocycles. The van der Waals surface area contributed by atoms with Gasteiger partial charge >= 0.3 is 5.97 Å². The smallest absolute Gasteiger partial charge is 0.323 e. The number of hydrogen-bond donors (Lipinski definition) is 0. The average Bonchev–Trinajstić information content (AvgIpc) is 2.84. The molecule has 2 aliphatic heterocycles. The van der Waals surface area contributed by atoms with Crippen molar-refractivity contribution in [3.05, 3.63) is 34.4 Å². The number of carbonyl (C=O) groups excluding carboxylic acids is 2. The fourth-order valence-electron chi connectivity index (χ4n) is 5.99. The summed E-state index contributed by atoms with van der Waals surface area (Å²) in [4.78, 5) is 26.3. The van der Waals surface area contributed by atoms with Gasteiger partial charge in [-0.15, -0.1) is 0 Å². The summed E-state index contributed by atoms with van der Waals surface area (Å²) in [6.45, 7) is 8.59. The number of fused-ring (bicyclic) bond motifs is 2. The summed E-state index contributed by atoms with van der Waals surface area (Å²) in [5.41, 5.74) is 3.05. The van der Waals surface area contributed by atoms with E-state index in [1.807, 2.05) is 0 Å². The van der Waals surface area contributed by atoms with Crippen LogP contribution in [0.3, 0.4) is 0 Å². The molecule has 0 amide bonds. The molecule has 4 atom stereocenters. The normalized spacial score (nSPS) is 37.9. The van der Waals surface area contributed by atoms with Crippen LogP contribution >= 0.6 is 0 Å². The van der Waals surface area contributed by atoms with Gasteiger partial charge < -0.3 is 9.16 Å². The van der Waals surface area contributed by atoms with Crippen molar-refractivity contribution in [1.29, 1.82) is 0 Å². The first-order valence-electron chi connectivity index (χ1n) is 9.27. The Balaban J connectivity index is 1.89. The first-order valence-corrected chi connectivity index (χ1v) is 12.7. The molecule has 1 aromatic rings. The van der Waals surface area contributed by atoms with Crippen LogP contribution in [0.4, 0.5) is 0 Å². The van der Waals surface area contributed by atoms with Crippen LogP contribution in [-0.2, 0) is 37.2 Å². The molecule has 0 radical (unpaired) electrons. The largest absolute Gasteiger partial charge is 0.461 e. The van der Waals surface area contributed by atoms with Gasteiger partial charge in [-0.2, -0.15) is 0 Å². The summed E-state index contributed by atoms with van der Waals surface area (Å²) in [6.07, 6.45) is 2.14. The predicted molar refractivity (Wildman–Crippen MR) is 94.7 cm³/mol. The van der Waals surface area contributed by atoms with Crippen molar-refractivity contribution in [3.63, 3.8) is 0 Å². The lowest BCUT2D eigenvalue weighted by Gasteiger charge is -2.61. The third kappa shape index (κ3) is 1.62. The first-order chi connectivity index (χ1) is 11.7. The van der Waals surface area contributed by atoms with Crippen LogP contribution in [-0.4, -0.2) is 26.2 Å². The highest BCUT2D eigenvalue weighted by Gasteiger charge is 2.78. The van der Waals surface area contributed by atoms with E-state index in [0.29, 0.717) is 12.8 Å². The van der Waals surface area contributed by atoms with E-state index >= 15 is 0 Å². The van der Waals surface area contributed by atoms with Crippen molar-refractivity contribution < 1.29 is 18.8 Å². The van der Waals surface area contributed by atoms with E-state index in [0.717, 1.165) is 12.8 Å². The number of aryl methyl sites for hydroxylation is 2. The number of esters is 1. The Hall–Kier alpha value is -1.46. The van der Waals surface area contributed by atoms with Crippen molar-refractivity contribution >= 4 is 20.1 Å². The van der Waals surface area contributed by atoms with E-state index in [2.05, 4.69) is 38.7 Å². The Bertz CT molecular complexity index is 819. The first kappa shape index (κ1) is 15.8. The van der Waals surface area contributed by atoms with Crippen LogP contribution in [0.25, 0.3) is 0 Å². The quantitative estimate of drug-likeness (QED) is 0.464. The summed E-state index contributed by atoms with van der Waals surface area (Å²) in [7, 11) is -2.02. The van der Waals surface area contributed by atoms with Crippen LogP contribution < -0.4 is 0 Å². The van der Waals surface area contributed by atoms with Gasteiger partial charge in [-0.25, -0.2) is 0 Å². The van der Waals surface area contributed by atoms with Crippen LogP contribution in [0.2, 0.25) is 19.6 Å². The molecule has 1 spiro atoms. The molecular formula is C20H24O4Si. The molecule has 0 aromatic heterocycles. The van der Waals surface area contributed by atoms with E-state index in [9.17, 15) is 9.59 Å². The molecule has 2 saturated heterocycles.